The van der Waals surface area contributed by atoms with E-state index in [9.17, 15) is 14.7 Å². The molecule has 1 amide bonds. The normalized spacial score (nSPS) is 11.7. The standard InChI is InChI=1S/C16H15NO3/c1-11(12-7-3-2-4-8-12)17-15(18)13-9-5-6-10-14(13)16(19)20/h2-11H,1H3,(H,17,18)(H,19,20)/p-1/t11-/m0/s1. The summed E-state index contributed by atoms with van der Waals surface area (Å²) in [7, 11) is 0. The van der Waals surface area contributed by atoms with Gasteiger partial charge in [0.25, 0.3) is 5.91 Å². The molecule has 0 spiro atoms. The fraction of sp³-hybridized carbons (Fsp3) is 0.125. The molecule has 0 aliphatic heterocycles. The molecule has 0 saturated carbocycles. The Balaban J connectivity index is 2.19. The van der Waals surface area contributed by atoms with Crippen LogP contribution >= 0.6 is 0 Å². The van der Waals surface area contributed by atoms with Gasteiger partial charge >= 0.3 is 0 Å². The molecule has 0 unspecified atom stereocenters. The van der Waals surface area contributed by atoms with Crippen LogP contribution in [0.4, 0.5) is 0 Å². The van der Waals surface area contributed by atoms with E-state index in [2.05, 4.69) is 5.32 Å². The van der Waals surface area contributed by atoms with Gasteiger partial charge in [-0.3, -0.25) is 4.79 Å². The van der Waals surface area contributed by atoms with Crippen LogP contribution in [-0.4, -0.2) is 11.9 Å². The number of hydrogen-bond acceptors (Lipinski definition) is 3. The van der Waals surface area contributed by atoms with Crippen molar-refractivity contribution in [2.75, 3.05) is 0 Å². The van der Waals surface area contributed by atoms with E-state index < -0.39 is 11.9 Å². The summed E-state index contributed by atoms with van der Waals surface area (Å²) in [5.41, 5.74) is 0.951. The lowest BCUT2D eigenvalue weighted by atomic mass is 10.0. The van der Waals surface area contributed by atoms with Gasteiger partial charge in [0.05, 0.1) is 12.0 Å². The molecule has 2 aromatic rings. The molecule has 0 aliphatic rings. The third-order valence-corrected chi connectivity index (χ3v) is 3.04. The third-order valence-electron chi connectivity index (χ3n) is 3.04. The van der Waals surface area contributed by atoms with Crippen molar-refractivity contribution in [1.82, 2.24) is 5.32 Å². The van der Waals surface area contributed by atoms with Crippen LogP contribution in [0.3, 0.4) is 0 Å². The van der Waals surface area contributed by atoms with Crippen LogP contribution in [0.1, 0.15) is 39.2 Å². The van der Waals surface area contributed by atoms with Crippen LogP contribution in [0.15, 0.2) is 54.6 Å². The molecule has 102 valence electrons. The molecule has 0 radical (unpaired) electrons. The number of carboxylic acids is 1. The van der Waals surface area contributed by atoms with E-state index >= 15 is 0 Å². The maximum Gasteiger partial charge on any atom is 0.252 e. The van der Waals surface area contributed by atoms with Gasteiger partial charge < -0.3 is 15.2 Å². The van der Waals surface area contributed by atoms with Crippen molar-refractivity contribution in [3.05, 3.63) is 71.3 Å². The summed E-state index contributed by atoms with van der Waals surface area (Å²) in [6.45, 7) is 1.84. The summed E-state index contributed by atoms with van der Waals surface area (Å²) >= 11 is 0. The number of hydrogen-bond donors (Lipinski definition) is 1. The molecule has 0 bridgehead atoms. The van der Waals surface area contributed by atoms with Gasteiger partial charge in [-0.25, -0.2) is 0 Å². The third kappa shape index (κ3) is 3.03. The van der Waals surface area contributed by atoms with E-state index in [4.69, 9.17) is 0 Å². The van der Waals surface area contributed by atoms with E-state index in [0.29, 0.717) is 0 Å². The SMILES string of the molecule is C[C@H](NC(=O)c1ccccc1C(=O)[O-])c1ccccc1. The predicted octanol–water partition coefficient (Wildman–Crippen LogP) is 1.54. The van der Waals surface area contributed by atoms with Crippen molar-refractivity contribution in [1.29, 1.82) is 0 Å². The highest BCUT2D eigenvalue weighted by atomic mass is 16.4. The molecule has 1 atom stereocenters. The minimum Gasteiger partial charge on any atom is -0.545 e. The minimum absolute atomic E-state index is 0.106. The lowest BCUT2D eigenvalue weighted by Crippen LogP contribution is -2.31. The Morgan fingerprint density at radius 1 is 0.950 bits per heavy atom. The van der Waals surface area contributed by atoms with Gasteiger partial charge in [0.15, 0.2) is 0 Å². The lowest BCUT2D eigenvalue weighted by Gasteiger charge is -2.16. The molecular weight excluding hydrogens is 254 g/mol. The molecule has 0 heterocycles. The molecule has 0 saturated heterocycles. The highest BCUT2D eigenvalue weighted by molar-refractivity contribution is 6.04. The first-order chi connectivity index (χ1) is 9.59. The van der Waals surface area contributed by atoms with Crippen LogP contribution in [0.25, 0.3) is 0 Å². The molecule has 0 aliphatic carbocycles. The zero-order chi connectivity index (χ0) is 14.5. The Morgan fingerprint density at radius 3 is 2.10 bits per heavy atom. The van der Waals surface area contributed by atoms with Crippen molar-refractivity contribution >= 4 is 11.9 Å². The van der Waals surface area contributed by atoms with Crippen LogP contribution in [0, 0.1) is 0 Å². The molecule has 20 heavy (non-hydrogen) atoms. The minimum atomic E-state index is -1.36. The second kappa shape index (κ2) is 6.02. The first kappa shape index (κ1) is 13.8. The Hall–Kier alpha value is -2.62. The van der Waals surface area contributed by atoms with E-state index in [0.717, 1.165) is 5.56 Å². The van der Waals surface area contributed by atoms with Crippen LogP contribution in [0.2, 0.25) is 0 Å². The van der Waals surface area contributed by atoms with E-state index in [1.807, 2.05) is 37.3 Å². The summed E-state index contributed by atoms with van der Waals surface area (Å²) in [4.78, 5) is 23.1. The Labute approximate surface area is 117 Å². The van der Waals surface area contributed by atoms with Crippen LogP contribution < -0.4 is 10.4 Å². The molecular formula is C16H14NO3-. The molecule has 4 nitrogen and oxygen atoms in total. The highest BCUT2D eigenvalue weighted by Gasteiger charge is 2.14. The Bertz CT molecular complexity index is 623. The topological polar surface area (TPSA) is 69.2 Å². The lowest BCUT2D eigenvalue weighted by molar-refractivity contribution is -0.255. The summed E-state index contributed by atoms with van der Waals surface area (Å²) < 4.78 is 0. The number of amides is 1. The quantitative estimate of drug-likeness (QED) is 0.914. The van der Waals surface area contributed by atoms with E-state index in [-0.39, 0.29) is 17.2 Å². The second-order valence-corrected chi connectivity index (χ2v) is 4.44. The number of rotatable bonds is 4. The summed E-state index contributed by atoms with van der Waals surface area (Å²) in [5.74, 6) is -1.79. The van der Waals surface area contributed by atoms with Gasteiger partial charge in [0, 0.05) is 11.1 Å². The molecule has 1 N–H and O–H groups in total. The average Bonchev–Trinajstić information content (AvgIpc) is 2.48. The van der Waals surface area contributed by atoms with Crippen LogP contribution in [-0.2, 0) is 0 Å². The van der Waals surface area contributed by atoms with Crippen molar-refractivity contribution in [2.24, 2.45) is 0 Å². The van der Waals surface area contributed by atoms with Gasteiger partial charge in [-0.05, 0) is 18.6 Å². The second-order valence-electron chi connectivity index (χ2n) is 4.44. The zero-order valence-corrected chi connectivity index (χ0v) is 11.0. The van der Waals surface area contributed by atoms with Crippen molar-refractivity contribution < 1.29 is 14.7 Å². The maximum absolute atomic E-state index is 12.2. The Morgan fingerprint density at radius 2 is 1.50 bits per heavy atom. The number of aromatic carboxylic acids is 1. The summed E-state index contributed by atoms with van der Waals surface area (Å²) in [6, 6.07) is 15.3. The Kier molecular flexibility index (Phi) is 4.15. The number of carboxylic acid groups (broad SMARTS) is 1. The van der Waals surface area contributed by atoms with E-state index in [1.54, 1.807) is 12.1 Å². The van der Waals surface area contributed by atoms with Crippen molar-refractivity contribution in [2.45, 2.75) is 13.0 Å². The number of carbonyl (C=O) groups excluding carboxylic acids is 2. The van der Waals surface area contributed by atoms with Crippen LogP contribution in [0.5, 0.6) is 0 Å². The maximum atomic E-state index is 12.2. The zero-order valence-electron chi connectivity index (χ0n) is 11.0. The monoisotopic (exact) mass is 268 g/mol. The highest BCUT2D eigenvalue weighted by Crippen LogP contribution is 2.14. The smallest absolute Gasteiger partial charge is 0.252 e. The number of carbonyl (C=O) groups is 2. The molecule has 0 aromatic heterocycles. The molecule has 2 rings (SSSR count). The summed E-state index contributed by atoms with van der Waals surface area (Å²) in [5, 5.41) is 13.8. The predicted molar refractivity (Wildman–Crippen MR) is 73.1 cm³/mol. The number of benzene rings is 2. The van der Waals surface area contributed by atoms with Gasteiger partial charge in [-0.1, -0.05) is 48.5 Å². The van der Waals surface area contributed by atoms with Gasteiger partial charge in [-0.2, -0.15) is 0 Å². The first-order valence-corrected chi connectivity index (χ1v) is 6.26. The van der Waals surface area contributed by atoms with Gasteiger partial charge in [0.2, 0.25) is 0 Å². The molecule has 4 heteroatoms. The molecule has 0 fully saturated rings. The van der Waals surface area contributed by atoms with Crippen molar-refractivity contribution in [3.8, 4) is 0 Å². The summed E-state index contributed by atoms with van der Waals surface area (Å²) in [6.07, 6.45) is 0. The van der Waals surface area contributed by atoms with Gasteiger partial charge in [-0.15, -0.1) is 0 Å². The fourth-order valence-electron chi connectivity index (χ4n) is 1.96. The van der Waals surface area contributed by atoms with Gasteiger partial charge in [0.1, 0.15) is 0 Å². The number of nitrogens with one attached hydrogen (secondary N) is 1. The largest absolute Gasteiger partial charge is 0.545 e. The fourth-order valence-corrected chi connectivity index (χ4v) is 1.96. The van der Waals surface area contributed by atoms with Crippen molar-refractivity contribution in [3.63, 3.8) is 0 Å². The molecule has 2 aromatic carbocycles. The first-order valence-electron chi connectivity index (χ1n) is 6.26. The van der Waals surface area contributed by atoms with E-state index in [1.165, 1.54) is 12.1 Å². The average molecular weight is 268 g/mol.